The zero-order chi connectivity index (χ0) is 14.5. The van der Waals surface area contributed by atoms with Crippen LogP contribution in [-0.2, 0) is 15.6 Å². The molecule has 2 atom stereocenters. The van der Waals surface area contributed by atoms with Crippen molar-refractivity contribution in [1.82, 2.24) is 0 Å². The van der Waals surface area contributed by atoms with Crippen molar-refractivity contribution in [2.75, 3.05) is 5.75 Å². The summed E-state index contributed by atoms with van der Waals surface area (Å²) in [5, 5.41) is 9.35. The molecule has 2 rings (SSSR count). The molecule has 2 aromatic carbocycles. The van der Waals surface area contributed by atoms with Crippen molar-refractivity contribution in [3.8, 4) is 0 Å². The number of aliphatic carboxylic acids is 1. The van der Waals surface area contributed by atoms with Crippen molar-refractivity contribution in [2.24, 2.45) is 0 Å². The second kappa shape index (κ2) is 6.81. The molecule has 0 aliphatic rings. The van der Waals surface area contributed by atoms with E-state index in [0.29, 0.717) is 10.5 Å². The van der Waals surface area contributed by atoms with Gasteiger partial charge in [-0.2, -0.15) is 0 Å². The lowest BCUT2D eigenvalue weighted by molar-refractivity contribution is -0.138. The van der Waals surface area contributed by atoms with E-state index in [1.807, 2.05) is 12.1 Å². The Morgan fingerprint density at radius 2 is 1.70 bits per heavy atom. The predicted molar refractivity (Wildman–Crippen MR) is 82.2 cm³/mol. The smallest absolute Gasteiger partial charge is 0.311 e. The zero-order valence-corrected chi connectivity index (χ0v) is 12.9. The Hall–Kier alpha value is -1.46. The molecule has 104 valence electrons. The number of carbonyl (C=O) groups is 1. The minimum atomic E-state index is -1.37. The summed E-state index contributed by atoms with van der Waals surface area (Å²) < 4.78 is 13.1. The first kappa shape index (κ1) is 14.9. The normalized spacial score (nSPS) is 13.7. The van der Waals surface area contributed by atoms with Gasteiger partial charge in [0.1, 0.15) is 0 Å². The molecule has 0 aromatic heterocycles. The Morgan fingerprint density at radius 1 is 1.10 bits per heavy atom. The van der Waals surface area contributed by atoms with E-state index in [1.54, 1.807) is 42.5 Å². The number of carboxylic acid groups (broad SMARTS) is 1. The number of carboxylic acids is 1. The van der Waals surface area contributed by atoms with Gasteiger partial charge in [-0.15, -0.1) is 0 Å². The second-order valence-corrected chi connectivity index (χ2v) is 6.56. The number of halogens is 1. The number of hydrogen-bond acceptors (Lipinski definition) is 2. The van der Waals surface area contributed by atoms with Gasteiger partial charge in [0, 0.05) is 10.2 Å². The maximum Gasteiger partial charge on any atom is 0.311 e. The maximum absolute atomic E-state index is 12.4. The van der Waals surface area contributed by atoms with Gasteiger partial charge in [0.2, 0.25) is 0 Å². The quantitative estimate of drug-likeness (QED) is 0.896. The molecular formula is C15H13BrO3S. The Labute approximate surface area is 128 Å². The van der Waals surface area contributed by atoms with Crippen LogP contribution < -0.4 is 0 Å². The Morgan fingerprint density at radius 3 is 2.30 bits per heavy atom. The molecule has 0 saturated heterocycles. The van der Waals surface area contributed by atoms with Gasteiger partial charge < -0.3 is 5.11 Å². The monoisotopic (exact) mass is 352 g/mol. The molecule has 2 aromatic rings. The molecule has 0 bridgehead atoms. The summed E-state index contributed by atoms with van der Waals surface area (Å²) in [6.07, 6.45) is 0. The third-order valence-corrected chi connectivity index (χ3v) is 5.34. The molecule has 20 heavy (non-hydrogen) atoms. The van der Waals surface area contributed by atoms with E-state index < -0.39 is 22.7 Å². The molecule has 0 amide bonds. The average Bonchev–Trinajstić information content (AvgIpc) is 2.45. The van der Waals surface area contributed by atoms with Crippen LogP contribution in [0.3, 0.4) is 0 Å². The van der Waals surface area contributed by atoms with Crippen LogP contribution in [-0.4, -0.2) is 21.0 Å². The third kappa shape index (κ3) is 3.55. The van der Waals surface area contributed by atoms with Gasteiger partial charge in [0.25, 0.3) is 0 Å². The first-order valence-electron chi connectivity index (χ1n) is 6.00. The fraction of sp³-hybridized carbons (Fsp3) is 0.133. The van der Waals surface area contributed by atoms with E-state index in [1.165, 1.54) is 0 Å². The lowest BCUT2D eigenvalue weighted by Crippen LogP contribution is -2.19. The van der Waals surface area contributed by atoms with Crippen molar-refractivity contribution in [2.45, 2.75) is 10.8 Å². The fourth-order valence-electron chi connectivity index (χ4n) is 1.87. The average molecular weight is 353 g/mol. The highest BCUT2D eigenvalue weighted by molar-refractivity contribution is 9.10. The highest BCUT2D eigenvalue weighted by Gasteiger charge is 2.23. The van der Waals surface area contributed by atoms with Crippen LogP contribution in [0.2, 0.25) is 0 Å². The lowest BCUT2D eigenvalue weighted by Gasteiger charge is -2.13. The predicted octanol–water partition coefficient (Wildman–Crippen LogP) is 3.43. The second-order valence-electron chi connectivity index (χ2n) is 4.24. The molecule has 0 spiro atoms. The Bertz CT molecular complexity index is 628. The van der Waals surface area contributed by atoms with Crippen molar-refractivity contribution < 1.29 is 14.1 Å². The van der Waals surface area contributed by atoms with Gasteiger partial charge in [0.15, 0.2) is 0 Å². The van der Waals surface area contributed by atoms with Gasteiger partial charge in [-0.05, 0) is 33.6 Å². The summed E-state index contributed by atoms with van der Waals surface area (Å²) in [6, 6.07) is 16.0. The Balaban J connectivity index is 2.24. The molecule has 0 saturated carbocycles. The van der Waals surface area contributed by atoms with E-state index in [4.69, 9.17) is 0 Å². The van der Waals surface area contributed by atoms with Crippen LogP contribution in [0.15, 0.2) is 64.0 Å². The number of hydrogen-bond donors (Lipinski definition) is 1. The van der Waals surface area contributed by atoms with E-state index in [9.17, 15) is 14.1 Å². The van der Waals surface area contributed by atoms with E-state index in [-0.39, 0.29) is 5.75 Å². The highest BCUT2D eigenvalue weighted by atomic mass is 79.9. The SMILES string of the molecule is O=C(O)C(CS(=O)c1ccccc1Br)c1ccccc1. The summed E-state index contributed by atoms with van der Waals surface area (Å²) in [7, 11) is -1.37. The van der Waals surface area contributed by atoms with Crippen LogP contribution in [0, 0.1) is 0 Å². The van der Waals surface area contributed by atoms with E-state index in [0.717, 1.165) is 4.47 Å². The van der Waals surface area contributed by atoms with Crippen LogP contribution in [0.4, 0.5) is 0 Å². The van der Waals surface area contributed by atoms with Crippen LogP contribution in [0.25, 0.3) is 0 Å². The molecule has 3 nitrogen and oxygen atoms in total. The highest BCUT2D eigenvalue weighted by Crippen LogP contribution is 2.24. The summed E-state index contributed by atoms with van der Waals surface area (Å²) in [5.74, 6) is -1.68. The van der Waals surface area contributed by atoms with Crippen molar-refractivity contribution in [3.63, 3.8) is 0 Å². The minimum Gasteiger partial charge on any atom is -0.481 e. The lowest BCUT2D eigenvalue weighted by atomic mass is 10.0. The molecule has 0 aliphatic heterocycles. The topological polar surface area (TPSA) is 54.4 Å². The zero-order valence-electron chi connectivity index (χ0n) is 10.5. The van der Waals surface area contributed by atoms with Gasteiger partial charge in [0.05, 0.1) is 21.6 Å². The molecule has 0 fully saturated rings. The molecule has 0 aliphatic carbocycles. The van der Waals surface area contributed by atoms with Crippen molar-refractivity contribution in [1.29, 1.82) is 0 Å². The first-order chi connectivity index (χ1) is 9.59. The van der Waals surface area contributed by atoms with E-state index >= 15 is 0 Å². The molecular weight excluding hydrogens is 340 g/mol. The van der Waals surface area contributed by atoms with E-state index in [2.05, 4.69) is 15.9 Å². The van der Waals surface area contributed by atoms with Crippen LogP contribution >= 0.6 is 15.9 Å². The summed E-state index contributed by atoms with van der Waals surface area (Å²) in [4.78, 5) is 12.0. The summed E-state index contributed by atoms with van der Waals surface area (Å²) in [6.45, 7) is 0. The largest absolute Gasteiger partial charge is 0.481 e. The van der Waals surface area contributed by atoms with Crippen LogP contribution in [0.5, 0.6) is 0 Å². The van der Waals surface area contributed by atoms with Gasteiger partial charge in [-0.3, -0.25) is 9.00 Å². The number of rotatable bonds is 5. The summed E-state index contributed by atoms with van der Waals surface area (Å²) in [5.41, 5.74) is 0.667. The van der Waals surface area contributed by atoms with Gasteiger partial charge in [-0.1, -0.05) is 42.5 Å². The molecule has 0 radical (unpaired) electrons. The fourth-order valence-corrected chi connectivity index (χ4v) is 4.03. The van der Waals surface area contributed by atoms with Crippen molar-refractivity contribution in [3.05, 3.63) is 64.6 Å². The van der Waals surface area contributed by atoms with Gasteiger partial charge >= 0.3 is 5.97 Å². The molecule has 2 unspecified atom stereocenters. The first-order valence-corrected chi connectivity index (χ1v) is 8.11. The van der Waals surface area contributed by atoms with Crippen molar-refractivity contribution >= 4 is 32.7 Å². The molecule has 1 N–H and O–H groups in total. The van der Waals surface area contributed by atoms with Crippen LogP contribution in [0.1, 0.15) is 11.5 Å². The third-order valence-electron chi connectivity index (χ3n) is 2.90. The standard InChI is InChI=1S/C15H13BrO3S/c16-13-8-4-5-9-14(13)20(19)10-12(15(17)18)11-6-2-1-3-7-11/h1-9,12H,10H2,(H,17,18). The minimum absolute atomic E-state index is 0.0575. The van der Waals surface area contributed by atoms with Gasteiger partial charge in [-0.25, -0.2) is 0 Å². The number of benzene rings is 2. The molecule has 5 heteroatoms. The summed E-state index contributed by atoms with van der Waals surface area (Å²) >= 11 is 3.34. The maximum atomic E-state index is 12.4. The molecule has 0 heterocycles. The Kier molecular flexibility index (Phi) is 5.09.